The molecule has 0 saturated heterocycles. The summed E-state index contributed by atoms with van der Waals surface area (Å²) in [6.07, 6.45) is 0.438. The molecule has 6 heteroatoms. The topological polar surface area (TPSA) is 6.48 Å². The lowest BCUT2D eigenvalue weighted by Gasteiger charge is -2.36. The summed E-state index contributed by atoms with van der Waals surface area (Å²) in [7, 11) is 0. The summed E-state index contributed by atoms with van der Waals surface area (Å²) >= 11 is 22.1. The SMILES string of the molecule is S=C(CC(S)(S)C(=S)N(Cc1ccccc1)Cc1ccccc1)N(Cc1ccccc1)Cc1ccccc1. The highest BCUT2D eigenvalue weighted by Crippen LogP contribution is 2.32. The van der Waals surface area contributed by atoms with Crippen molar-refractivity contribution in [1.29, 1.82) is 0 Å². The van der Waals surface area contributed by atoms with Crippen molar-refractivity contribution in [3.8, 4) is 0 Å². The molecule has 0 amide bonds. The van der Waals surface area contributed by atoms with E-state index in [1.165, 1.54) is 22.3 Å². The number of rotatable bonds is 11. The second kappa shape index (κ2) is 13.9. The minimum atomic E-state index is -0.901. The first-order valence-corrected chi connectivity index (χ1v) is 14.3. The van der Waals surface area contributed by atoms with Crippen LogP contribution in [0, 0.1) is 0 Å². The Bertz CT molecular complexity index is 1210. The second-order valence-electron chi connectivity index (χ2n) is 9.35. The highest BCUT2D eigenvalue weighted by atomic mass is 32.2. The molecule has 0 spiro atoms. The summed E-state index contributed by atoms with van der Waals surface area (Å²) in [5, 5.41) is 0. The van der Waals surface area contributed by atoms with Gasteiger partial charge in [0.15, 0.2) is 0 Å². The minimum Gasteiger partial charge on any atom is -0.357 e. The molecule has 4 rings (SSSR count). The highest BCUT2D eigenvalue weighted by molar-refractivity contribution is 8.04. The highest BCUT2D eigenvalue weighted by Gasteiger charge is 2.33. The zero-order valence-electron chi connectivity index (χ0n) is 21.2. The van der Waals surface area contributed by atoms with Gasteiger partial charge in [0, 0.05) is 32.6 Å². The molecule has 0 atom stereocenters. The zero-order chi connectivity index (χ0) is 26.8. The number of nitrogens with zero attached hydrogens (tertiary/aromatic N) is 2. The van der Waals surface area contributed by atoms with Crippen LogP contribution in [0.25, 0.3) is 0 Å². The van der Waals surface area contributed by atoms with Gasteiger partial charge in [-0.25, -0.2) is 0 Å². The van der Waals surface area contributed by atoms with Crippen LogP contribution in [-0.4, -0.2) is 23.9 Å². The van der Waals surface area contributed by atoms with Gasteiger partial charge in [-0.1, -0.05) is 146 Å². The molecule has 0 N–H and O–H groups in total. The Kier molecular flexibility index (Phi) is 10.4. The fourth-order valence-electron chi connectivity index (χ4n) is 4.30. The van der Waals surface area contributed by atoms with Gasteiger partial charge in [0.25, 0.3) is 0 Å². The first-order chi connectivity index (χ1) is 18.4. The summed E-state index contributed by atoms with van der Waals surface area (Å²) < 4.78 is -0.901. The van der Waals surface area contributed by atoms with E-state index >= 15 is 0 Å². The maximum absolute atomic E-state index is 6.07. The van der Waals surface area contributed by atoms with Gasteiger partial charge in [0.05, 0.1) is 4.99 Å². The van der Waals surface area contributed by atoms with E-state index in [1.54, 1.807) is 0 Å². The summed E-state index contributed by atoms with van der Waals surface area (Å²) in [6, 6.07) is 41.5. The quantitative estimate of drug-likeness (QED) is 0.107. The van der Waals surface area contributed by atoms with Gasteiger partial charge in [-0.3, -0.25) is 0 Å². The van der Waals surface area contributed by atoms with E-state index in [2.05, 4.69) is 82.6 Å². The van der Waals surface area contributed by atoms with E-state index in [0.29, 0.717) is 37.6 Å². The van der Waals surface area contributed by atoms with Gasteiger partial charge in [0.1, 0.15) is 9.07 Å². The third kappa shape index (κ3) is 8.43. The Morgan fingerprint density at radius 1 is 0.500 bits per heavy atom. The smallest absolute Gasteiger partial charge is 0.112 e. The first kappa shape index (κ1) is 28.4. The lowest BCUT2D eigenvalue weighted by molar-refractivity contribution is 0.395. The van der Waals surface area contributed by atoms with Gasteiger partial charge in [-0.05, 0) is 22.3 Å². The van der Waals surface area contributed by atoms with Crippen LogP contribution in [0.4, 0.5) is 0 Å². The van der Waals surface area contributed by atoms with Crippen LogP contribution in [0.5, 0.6) is 0 Å². The number of hydrogen-bond donors (Lipinski definition) is 2. The van der Waals surface area contributed by atoms with Crippen molar-refractivity contribution < 1.29 is 0 Å². The average Bonchev–Trinajstić information content (AvgIpc) is 2.94. The molecule has 0 aliphatic carbocycles. The Labute approximate surface area is 248 Å². The van der Waals surface area contributed by atoms with Gasteiger partial charge >= 0.3 is 0 Å². The van der Waals surface area contributed by atoms with Crippen LogP contribution in [0.15, 0.2) is 121 Å². The molecular formula is C32H32N2S4. The van der Waals surface area contributed by atoms with Crippen LogP contribution in [0.3, 0.4) is 0 Å². The van der Waals surface area contributed by atoms with Gasteiger partial charge in [-0.2, -0.15) is 25.3 Å². The minimum absolute atomic E-state index is 0.438. The molecule has 0 aliphatic rings. The van der Waals surface area contributed by atoms with E-state index in [0.717, 1.165) is 4.99 Å². The van der Waals surface area contributed by atoms with Crippen molar-refractivity contribution in [2.45, 2.75) is 36.7 Å². The van der Waals surface area contributed by atoms with Crippen LogP contribution >= 0.6 is 49.7 Å². The molecule has 194 valence electrons. The fourth-order valence-corrected chi connectivity index (χ4v) is 5.64. The third-order valence-corrected chi connectivity index (χ3v) is 8.30. The predicted molar refractivity (Wildman–Crippen MR) is 175 cm³/mol. The van der Waals surface area contributed by atoms with Crippen molar-refractivity contribution >= 4 is 59.7 Å². The van der Waals surface area contributed by atoms with Crippen molar-refractivity contribution in [3.05, 3.63) is 144 Å². The third-order valence-electron chi connectivity index (χ3n) is 6.25. The zero-order valence-corrected chi connectivity index (χ0v) is 24.6. The normalized spacial score (nSPS) is 11.1. The number of hydrogen-bond acceptors (Lipinski definition) is 4. The molecule has 0 aliphatic heterocycles. The monoisotopic (exact) mass is 572 g/mol. The van der Waals surface area contributed by atoms with Crippen LogP contribution in [0.2, 0.25) is 0 Å². The molecule has 2 nitrogen and oxygen atoms in total. The van der Waals surface area contributed by atoms with E-state index in [1.807, 2.05) is 48.5 Å². The summed E-state index contributed by atoms with van der Waals surface area (Å²) in [5.41, 5.74) is 4.76. The molecule has 0 unspecified atom stereocenters. The Morgan fingerprint density at radius 2 is 0.789 bits per heavy atom. The van der Waals surface area contributed by atoms with E-state index in [4.69, 9.17) is 49.7 Å². The lowest BCUT2D eigenvalue weighted by atomic mass is 10.1. The molecule has 0 saturated carbocycles. The fraction of sp³-hybridized carbons (Fsp3) is 0.188. The Balaban J connectivity index is 1.54. The van der Waals surface area contributed by atoms with E-state index < -0.39 is 4.08 Å². The van der Waals surface area contributed by atoms with Gasteiger partial charge in [0.2, 0.25) is 0 Å². The number of thiocarbonyl (C=S) groups is 2. The van der Waals surface area contributed by atoms with E-state index in [-0.39, 0.29) is 0 Å². The standard InChI is InChI=1S/C32H32N2S4/c35-30(33(22-26-13-5-1-6-14-26)23-27-15-7-2-8-16-27)21-32(37,38)31(36)34(24-28-17-9-3-10-18-28)25-29-19-11-4-12-20-29/h1-20,37-38H,21-25H2. The van der Waals surface area contributed by atoms with Crippen molar-refractivity contribution in [2.24, 2.45) is 0 Å². The van der Waals surface area contributed by atoms with Crippen molar-refractivity contribution in [1.82, 2.24) is 9.80 Å². The number of benzene rings is 4. The maximum Gasteiger partial charge on any atom is 0.112 e. The van der Waals surface area contributed by atoms with E-state index in [9.17, 15) is 0 Å². The molecule has 0 radical (unpaired) electrons. The Hall–Kier alpha value is -2.64. The molecule has 4 aromatic rings. The molecular weight excluding hydrogens is 541 g/mol. The van der Waals surface area contributed by atoms with Crippen molar-refractivity contribution in [2.75, 3.05) is 0 Å². The van der Waals surface area contributed by atoms with Crippen LogP contribution in [-0.2, 0) is 26.2 Å². The van der Waals surface area contributed by atoms with Gasteiger partial charge < -0.3 is 9.80 Å². The van der Waals surface area contributed by atoms with Crippen LogP contribution in [0.1, 0.15) is 28.7 Å². The summed E-state index contributed by atoms with van der Waals surface area (Å²) in [5.74, 6) is 0. The summed E-state index contributed by atoms with van der Waals surface area (Å²) in [6.45, 7) is 2.75. The number of thiol groups is 2. The molecule has 0 aromatic heterocycles. The molecule has 0 fully saturated rings. The second-order valence-corrected chi connectivity index (χ2v) is 12.1. The molecule has 38 heavy (non-hydrogen) atoms. The summed E-state index contributed by atoms with van der Waals surface area (Å²) in [4.78, 5) is 5.85. The average molecular weight is 573 g/mol. The lowest BCUT2D eigenvalue weighted by Crippen LogP contribution is -2.43. The predicted octanol–water partition coefficient (Wildman–Crippen LogP) is 7.99. The first-order valence-electron chi connectivity index (χ1n) is 12.6. The largest absolute Gasteiger partial charge is 0.357 e. The van der Waals surface area contributed by atoms with Crippen LogP contribution < -0.4 is 0 Å². The molecule has 0 bridgehead atoms. The molecule has 4 aromatic carbocycles. The molecule has 0 heterocycles. The maximum atomic E-state index is 6.07. The Morgan fingerprint density at radius 3 is 1.11 bits per heavy atom. The van der Waals surface area contributed by atoms with Crippen molar-refractivity contribution in [3.63, 3.8) is 0 Å². The van der Waals surface area contributed by atoms with Gasteiger partial charge in [-0.15, -0.1) is 0 Å².